The van der Waals surface area contributed by atoms with Crippen molar-refractivity contribution in [3.8, 4) is 6.07 Å². The van der Waals surface area contributed by atoms with Gasteiger partial charge in [0.05, 0.1) is 18.4 Å². The summed E-state index contributed by atoms with van der Waals surface area (Å²) in [5.74, 6) is -0.360. The van der Waals surface area contributed by atoms with Gasteiger partial charge in [0.1, 0.15) is 0 Å². The Morgan fingerprint density at radius 1 is 0.815 bits per heavy atom. The van der Waals surface area contributed by atoms with Crippen LogP contribution in [0.25, 0.3) is 0 Å². The fraction of sp³-hybridized carbons (Fsp3) is 0.167. The van der Waals surface area contributed by atoms with E-state index in [1.54, 1.807) is 4.90 Å². The average Bonchev–Trinajstić information content (AvgIpc) is 2.73. The average molecular weight is 354 g/mol. The monoisotopic (exact) mass is 354 g/mol. The molecule has 0 N–H and O–H groups in total. The Morgan fingerprint density at radius 2 is 1.30 bits per heavy atom. The number of hydrogen-bond donors (Lipinski definition) is 0. The van der Waals surface area contributed by atoms with Crippen LogP contribution in [-0.2, 0) is 11.3 Å². The lowest BCUT2D eigenvalue weighted by atomic mass is 9.90. The topological polar surface area (TPSA) is 44.1 Å². The van der Waals surface area contributed by atoms with Crippen molar-refractivity contribution in [2.75, 3.05) is 6.54 Å². The van der Waals surface area contributed by atoms with E-state index in [1.165, 1.54) is 0 Å². The number of carbonyl (C=O) groups excluding carboxylic acids is 1. The maximum absolute atomic E-state index is 13.6. The van der Waals surface area contributed by atoms with E-state index in [0.29, 0.717) is 19.5 Å². The number of benzene rings is 3. The summed E-state index contributed by atoms with van der Waals surface area (Å²) < 4.78 is 0. The van der Waals surface area contributed by atoms with Crippen LogP contribution < -0.4 is 0 Å². The largest absolute Gasteiger partial charge is 0.337 e. The van der Waals surface area contributed by atoms with E-state index in [-0.39, 0.29) is 11.8 Å². The Balaban J connectivity index is 1.95. The van der Waals surface area contributed by atoms with Crippen molar-refractivity contribution < 1.29 is 4.79 Å². The van der Waals surface area contributed by atoms with Crippen LogP contribution in [0, 0.1) is 11.3 Å². The van der Waals surface area contributed by atoms with Crippen molar-refractivity contribution in [3.05, 3.63) is 108 Å². The Bertz CT molecular complexity index is 846. The summed E-state index contributed by atoms with van der Waals surface area (Å²) in [5.41, 5.74) is 2.98. The highest BCUT2D eigenvalue weighted by molar-refractivity contribution is 5.87. The molecule has 0 aliphatic carbocycles. The van der Waals surface area contributed by atoms with Crippen molar-refractivity contribution in [1.29, 1.82) is 5.26 Å². The Kier molecular flexibility index (Phi) is 6.38. The summed E-state index contributed by atoms with van der Waals surface area (Å²) in [7, 11) is 0. The molecular weight excluding hydrogens is 332 g/mol. The molecule has 3 heteroatoms. The van der Waals surface area contributed by atoms with Crippen LogP contribution in [0.5, 0.6) is 0 Å². The van der Waals surface area contributed by atoms with E-state index in [2.05, 4.69) is 6.07 Å². The third kappa shape index (κ3) is 4.83. The first-order chi connectivity index (χ1) is 13.3. The minimum Gasteiger partial charge on any atom is -0.337 e. The highest BCUT2D eigenvalue weighted by Gasteiger charge is 2.27. The van der Waals surface area contributed by atoms with Crippen LogP contribution in [0.4, 0.5) is 0 Å². The van der Waals surface area contributed by atoms with Gasteiger partial charge in [0.25, 0.3) is 0 Å². The van der Waals surface area contributed by atoms with Crippen LogP contribution in [0.2, 0.25) is 0 Å². The number of hydrogen-bond acceptors (Lipinski definition) is 2. The molecule has 3 rings (SSSR count). The second-order valence-corrected chi connectivity index (χ2v) is 6.41. The molecule has 0 fully saturated rings. The molecule has 0 saturated heterocycles. The smallest absolute Gasteiger partial charge is 0.234 e. The Labute approximate surface area is 160 Å². The van der Waals surface area contributed by atoms with E-state index in [0.717, 1.165) is 16.7 Å². The van der Waals surface area contributed by atoms with Gasteiger partial charge in [-0.2, -0.15) is 5.26 Å². The lowest BCUT2D eigenvalue weighted by molar-refractivity contribution is -0.132. The fourth-order valence-corrected chi connectivity index (χ4v) is 3.21. The third-order valence-corrected chi connectivity index (χ3v) is 4.53. The molecular formula is C24H22N2O. The summed E-state index contributed by atoms with van der Waals surface area (Å²) in [6.07, 6.45) is 0.314. The minimum absolute atomic E-state index is 0.0199. The normalized spacial score (nSPS) is 10.4. The predicted molar refractivity (Wildman–Crippen MR) is 107 cm³/mol. The highest BCUT2D eigenvalue weighted by atomic mass is 16.2. The standard InChI is InChI=1S/C24H22N2O/c25-17-10-18-26(19-20-11-4-1-5-12-20)24(27)23(21-13-6-2-7-14-21)22-15-8-3-9-16-22/h1-9,11-16,23H,10,18-19H2. The first kappa shape index (κ1) is 18.4. The van der Waals surface area contributed by atoms with Gasteiger partial charge in [0.15, 0.2) is 0 Å². The zero-order valence-electron chi connectivity index (χ0n) is 15.2. The second-order valence-electron chi connectivity index (χ2n) is 6.41. The van der Waals surface area contributed by atoms with Gasteiger partial charge in [-0.05, 0) is 16.7 Å². The highest BCUT2D eigenvalue weighted by Crippen LogP contribution is 2.27. The van der Waals surface area contributed by atoms with Gasteiger partial charge in [-0.15, -0.1) is 0 Å². The molecule has 0 aromatic heterocycles. The van der Waals surface area contributed by atoms with Crippen LogP contribution in [0.15, 0.2) is 91.0 Å². The van der Waals surface area contributed by atoms with Crippen molar-refractivity contribution in [2.45, 2.75) is 18.9 Å². The molecule has 27 heavy (non-hydrogen) atoms. The zero-order valence-corrected chi connectivity index (χ0v) is 15.2. The number of carbonyl (C=O) groups is 1. The van der Waals surface area contributed by atoms with Gasteiger partial charge in [0, 0.05) is 13.1 Å². The summed E-state index contributed by atoms with van der Waals surface area (Å²) in [6.45, 7) is 0.915. The number of rotatable bonds is 7. The fourth-order valence-electron chi connectivity index (χ4n) is 3.21. The number of amides is 1. The number of nitrogens with zero attached hydrogens (tertiary/aromatic N) is 2. The first-order valence-electron chi connectivity index (χ1n) is 9.09. The van der Waals surface area contributed by atoms with Crippen LogP contribution >= 0.6 is 0 Å². The lowest BCUT2D eigenvalue weighted by Crippen LogP contribution is -2.36. The summed E-state index contributed by atoms with van der Waals surface area (Å²) >= 11 is 0. The first-order valence-corrected chi connectivity index (χ1v) is 9.09. The van der Waals surface area contributed by atoms with Crippen LogP contribution in [0.1, 0.15) is 29.0 Å². The maximum Gasteiger partial charge on any atom is 0.234 e. The molecule has 0 heterocycles. The molecule has 3 aromatic rings. The SMILES string of the molecule is N#CCCN(Cc1ccccc1)C(=O)C(c1ccccc1)c1ccccc1. The maximum atomic E-state index is 13.6. The van der Waals surface area contributed by atoms with Crippen molar-refractivity contribution in [3.63, 3.8) is 0 Å². The zero-order chi connectivity index (χ0) is 18.9. The molecule has 0 radical (unpaired) electrons. The number of nitriles is 1. The predicted octanol–water partition coefficient (Wildman–Crippen LogP) is 4.76. The van der Waals surface area contributed by atoms with Gasteiger partial charge < -0.3 is 4.90 Å². The molecule has 0 aliphatic heterocycles. The van der Waals surface area contributed by atoms with Crippen LogP contribution in [0.3, 0.4) is 0 Å². The van der Waals surface area contributed by atoms with Gasteiger partial charge in [-0.1, -0.05) is 91.0 Å². The summed E-state index contributed by atoms with van der Waals surface area (Å²) in [5, 5.41) is 9.05. The van der Waals surface area contributed by atoms with E-state index in [9.17, 15) is 4.79 Å². The molecule has 0 unspecified atom stereocenters. The summed E-state index contributed by atoms with van der Waals surface area (Å²) in [4.78, 5) is 15.4. The molecule has 0 bridgehead atoms. The second kappa shape index (κ2) is 9.35. The third-order valence-electron chi connectivity index (χ3n) is 4.53. The van der Waals surface area contributed by atoms with Crippen molar-refractivity contribution in [1.82, 2.24) is 4.90 Å². The van der Waals surface area contributed by atoms with E-state index in [1.807, 2.05) is 91.0 Å². The molecule has 3 nitrogen and oxygen atoms in total. The van der Waals surface area contributed by atoms with Crippen molar-refractivity contribution >= 4 is 5.91 Å². The van der Waals surface area contributed by atoms with Gasteiger partial charge >= 0.3 is 0 Å². The quantitative estimate of drug-likeness (QED) is 0.614. The molecule has 1 amide bonds. The summed E-state index contributed by atoms with van der Waals surface area (Å²) in [6, 6.07) is 31.7. The molecule has 0 atom stereocenters. The van der Waals surface area contributed by atoms with Gasteiger partial charge in [-0.3, -0.25) is 4.79 Å². The van der Waals surface area contributed by atoms with E-state index < -0.39 is 0 Å². The van der Waals surface area contributed by atoms with Crippen LogP contribution in [-0.4, -0.2) is 17.4 Å². The Morgan fingerprint density at radius 3 is 1.78 bits per heavy atom. The molecule has 3 aromatic carbocycles. The van der Waals surface area contributed by atoms with Gasteiger partial charge in [0.2, 0.25) is 5.91 Å². The molecule has 0 spiro atoms. The lowest BCUT2D eigenvalue weighted by Gasteiger charge is -2.27. The van der Waals surface area contributed by atoms with E-state index in [4.69, 9.17) is 5.26 Å². The molecule has 0 aliphatic rings. The van der Waals surface area contributed by atoms with Gasteiger partial charge in [-0.25, -0.2) is 0 Å². The molecule has 0 saturated carbocycles. The Hall–Kier alpha value is -3.38. The minimum atomic E-state index is -0.380. The molecule has 134 valence electrons. The van der Waals surface area contributed by atoms with E-state index >= 15 is 0 Å². The van der Waals surface area contributed by atoms with Crippen molar-refractivity contribution in [2.24, 2.45) is 0 Å².